The van der Waals surface area contributed by atoms with Crippen LogP contribution in [0.5, 0.6) is 0 Å². The van der Waals surface area contributed by atoms with Gasteiger partial charge in [0, 0.05) is 23.6 Å². The van der Waals surface area contributed by atoms with Crippen LogP contribution in [0, 0.1) is 0 Å². The van der Waals surface area contributed by atoms with E-state index in [-0.39, 0.29) is 17.5 Å². The molecule has 0 aliphatic carbocycles. The molecule has 6 N–H and O–H groups in total. The van der Waals surface area contributed by atoms with Gasteiger partial charge in [0.1, 0.15) is 30.6 Å². The molecule has 1 aromatic carbocycles. The summed E-state index contributed by atoms with van der Waals surface area (Å²) < 4.78 is 8.19. The number of carbonyl (C=O) groups is 1. The van der Waals surface area contributed by atoms with E-state index in [0.717, 1.165) is 0 Å². The van der Waals surface area contributed by atoms with Crippen molar-refractivity contribution in [3.05, 3.63) is 59.1 Å². The van der Waals surface area contributed by atoms with Crippen LogP contribution in [0.4, 0.5) is 5.69 Å². The van der Waals surface area contributed by atoms with Crippen LogP contribution in [0.3, 0.4) is 0 Å². The first-order valence-electron chi connectivity index (χ1n) is 9.28. The number of hydrogen-bond donors (Lipinski definition) is 6. The minimum Gasteiger partial charge on any atom is -0.394 e. The van der Waals surface area contributed by atoms with Crippen LogP contribution < -0.4 is 10.9 Å². The zero-order valence-corrected chi connectivity index (χ0v) is 15.2. The van der Waals surface area contributed by atoms with Crippen LogP contribution in [0.2, 0.25) is 1.41 Å². The van der Waals surface area contributed by atoms with E-state index >= 15 is 0 Å². The lowest BCUT2D eigenvalue weighted by Crippen LogP contribution is -2.49. The molecule has 0 unspecified atom stereocenters. The number of aromatic amines is 1. The predicted molar refractivity (Wildman–Crippen MR) is 106 cm³/mol. The Bertz CT molecular complexity index is 1080. The minimum absolute atomic E-state index is 0.164. The third-order valence-corrected chi connectivity index (χ3v) is 4.54. The molecule has 4 atom stereocenters. The lowest BCUT2D eigenvalue weighted by Gasteiger charge is -2.26. The van der Waals surface area contributed by atoms with Crippen molar-refractivity contribution < 1.29 is 26.6 Å². The lowest BCUT2D eigenvalue weighted by molar-refractivity contribution is -0.117. The fourth-order valence-electron chi connectivity index (χ4n) is 2.91. The molecule has 0 spiro atoms. The number of rotatable bonds is 8. The van der Waals surface area contributed by atoms with E-state index in [1.54, 1.807) is 36.7 Å². The summed E-state index contributed by atoms with van der Waals surface area (Å²) in [6.45, 7) is -0.821. The van der Waals surface area contributed by atoms with Gasteiger partial charge < -0.3 is 35.5 Å². The minimum atomic E-state index is -1.83. The number of hydrogen-bond acceptors (Lipinski definition) is 8. The zero-order valence-electron chi connectivity index (χ0n) is 16.2. The molecule has 152 valence electrons. The van der Waals surface area contributed by atoms with Crippen LogP contribution in [0.1, 0.15) is 0 Å². The molecule has 3 rings (SSSR count). The Morgan fingerprint density at radius 2 is 1.86 bits per heavy atom. The normalized spacial score (nSPS) is 15.9. The molecule has 29 heavy (non-hydrogen) atoms. The highest BCUT2D eigenvalue weighted by Crippen LogP contribution is 2.22. The fourth-order valence-corrected chi connectivity index (χ4v) is 2.91. The van der Waals surface area contributed by atoms with Crippen molar-refractivity contribution >= 4 is 22.9 Å². The maximum Gasteiger partial charge on any atom is 0.256 e. The molecule has 0 saturated heterocycles. The number of anilines is 1. The molecule has 0 fully saturated rings. The average Bonchev–Trinajstić information content (AvgIpc) is 2.77. The number of benzene rings is 1. The van der Waals surface area contributed by atoms with E-state index in [9.17, 15) is 24.9 Å². The van der Waals surface area contributed by atoms with E-state index in [0.29, 0.717) is 27.3 Å². The highest BCUT2D eigenvalue weighted by atomic mass is 16.4. The van der Waals surface area contributed by atoms with E-state index < -0.39 is 31.0 Å². The largest absolute Gasteiger partial charge is 0.394 e. The van der Waals surface area contributed by atoms with Crippen molar-refractivity contribution in [1.82, 2.24) is 9.97 Å². The molecular formula is C20H21N3O6. The van der Waals surface area contributed by atoms with Crippen molar-refractivity contribution in [2.75, 3.05) is 11.9 Å². The molecule has 0 saturated carbocycles. The molecule has 9 heteroatoms. The molecule has 0 aliphatic rings. The van der Waals surface area contributed by atoms with Crippen molar-refractivity contribution in [3.8, 4) is 11.1 Å². The molecule has 0 aliphatic heterocycles. The van der Waals surface area contributed by atoms with E-state index in [4.69, 9.17) is 6.52 Å². The topological polar surface area (TPSA) is 156 Å². The fraction of sp³-hybridized carbons (Fsp3) is 0.250. The lowest BCUT2D eigenvalue weighted by atomic mass is 10.0. The van der Waals surface area contributed by atoms with Crippen molar-refractivity contribution in [1.29, 1.82) is 0 Å². The van der Waals surface area contributed by atoms with Gasteiger partial charge in [0.15, 0.2) is 1.41 Å². The quantitative estimate of drug-likeness (QED) is 0.280. The molecule has 2 aromatic heterocycles. The number of aldehydes is 1. The summed E-state index contributed by atoms with van der Waals surface area (Å²) in [7, 11) is 0. The number of H-pyrrole nitrogens is 1. The summed E-state index contributed by atoms with van der Waals surface area (Å²) >= 11 is 0. The number of nitrogens with one attached hydrogen (secondary N) is 2. The maximum absolute atomic E-state index is 12.5. The predicted octanol–water partition coefficient (Wildman–Crippen LogP) is -0.356. The number of aliphatic hydroxyl groups excluding tert-OH is 4. The third kappa shape index (κ3) is 4.49. The second-order valence-corrected chi connectivity index (χ2v) is 6.51. The smallest absolute Gasteiger partial charge is 0.256 e. The van der Waals surface area contributed by atoms with Gasteiger partial charge in [-0.1, -0.05) is 6.07 Å². The molecule has 0 amide bonds. The number of aliphatic hydroxyl groups is 4. The third-order valence-electron chi connectivity index (χ3n) is 4.54. The first-order chi connectivity index (χ1) is 14.4. The maximum atomic E-state index is 12.5. The molecular weight excluding hydrogens is 378 g/mol. The second-order valence-electron chi connectivity index (χ2n) is 6.51. The van der Waals surface area contributed by atoms with Gasteiger partial charge in [0.05, 0.1) is 12.1 Å². The SMILES string of the molecule is [2H]N(c1ccc2cc(-c3ccncc3)c(=O)[nH]c2c1)[C@@H](C=O)[C@@H](O)[C@H](O)[C@H](O)CO. The van der Waals surface area contributed by atoms with Crippen LogP contribution in [0.15, 0.2) is 53.6 Å². The molecule has 0 radical (unpaired) electrons. The summed E-state index contributed by atoms with van der Waals surface area (Å²) in [5, 5.41) is 39.7. The average molecular weight is 400 g/mol. The van der Waals surface area contributed by atoms with Gasteiger partial charge in [-0.2, -0.15) is 0 Å². The van der Waals surface area contributed by atoms with Crippen LogP contribution in [-0.2, 0) is 4.79 Å². The summed E-state index contributed by atoms with van der Waals surface area (Å²) in [5.41, 5.74) is 1.36. The first kappa shape index (κ1) is 19.2. The number of aromatic nitrogens is 2. The van der Waals surface area contributed by atoms with Gasteiger partial charge in [0.25, 0.3) is 5.56 Å². The highest BCUT2D eigenvalue weighted by Gasteiger charge is 2.31. The van der Waals surface area contributed by atoms with Crippen LogP contribution in [-0.4, -0.2) is 67.6 Å². The van der Waals surface area contributed by atoms with Crippen molar-refractivity contribution in [2.24, 2.45) is 0 Å². The summed E-state index contributed by atoms with van der Waals surface area (Å²) in [6, 6.07) is 8.19. The number of pyridine rings is 2. The van der Waals surface area contributed by atoms with Gasteiger partial charge >= 0.3 is 0 Å². The Morgan fingerprint density at radius 3 is 2.52 bits per heavy atom. The molecule has 9 nitrogen and oxygen atoms in total. The Kier molecular flexibility index (Phi) is 5.92. The van der Waals surface area contributed by atoms with E-state index in [1.165, 1.54) is 12.1 Å². The number of fused-ring (bicyclic) bond motifs is 1. The second kappa shape index (κ2) is 8.93. The Hall–Kier alpha value is -3.11. The zero-order chi connectivity index (χ0) is 21.8. The molecule has 0 bridgehead atoms. The van der Waals surface area contributed by atoms with Gasteiger partial charge in [-0.05, 0) is 41.3 Å². The summed E-state index contributed by atoms with van der Waals surface area (Å²) in [5.74, 6) is 0. The van der Waals surface area contributed by atoms with Gasteiger partial charge in [-0.25, -0.2) is 0 Å². The highest BCUT2D eigenvalue weighted by molar-refractivity contribution is 5.86. The monoisotopic (exact) mass is 400 g/mol. The van der Waals surface area contributed by atoms with Crippen LogP contribution >= 0.6 is 0 Å². The van der Waals surface area contributed by atoms with Crippen LogP contribution in [0.25, 0.3) is 22.0 Å². The number of carbonyl (C=O) groups excluding carboxylic acids is 1. The standard InChI is InChI=1S/C20H21N3O6/c24-9-16(18(27)19(28)17(26)10-25)22-13-2-1-12-7-14(11-3-5-21-6-4-11)20(29)23-15(12)8-13/h1-9,16-19,22,25-28H,10H2,(H,23,29)/t16-,17+,18+,19+/m0/s1/i/hD. The van der Waals surface area contributed by atoms with Crippen molar-refractivity contribution in [3.63, 3.8) is 0 Å². The Morgan fingerprint density at radius 1 is 1.14 bits per heavy atom. The van der Waals surface area contributed by atoms with Gasteiger partial charge in [-0.15, -0.1) is 0 Å². The van der Waals surface area contributed by atoms with Gasteiger partial charge in [0.2, 0.25) is 0 Å². The van der Waals surface area contributed by atoms with E-state index in [2.05, 4.69) is 9.97 Å². The van der Waals surface area contributed by atoms with E-state index in [1.807, 2.05) is 0 Å². The summed E-state index contributed by atoms with van der Waals surface area (Å²) in [6.07, 6.45) is -1.92. The van der Waals surface area contributed by atoms with Crippen molar-refractivity contribution in [2.45, 2.75) is 24.4 Å². The number of nitrogens with zero attached hydrogens (tertiary/aromatic N) is 1. The van der Waals surface area contributed by atoms with Gasteiger partial charge in [-0.3, -0.25) is 9.78 Å². The molecule has 2 heterocycles. The Labute approximate surface area is 166 Å². The Balaban J connectivity index is 1.94. The summed E-state index contributed by atoms with van der Waals surface area (Å²) in [4.78, 5) is 30.6. The first-order valence-corrected chi connectivity index (χ1v) is 8.83. The molecule has 3 aromatic rings.